The molecule has 7 nitrogen and oxygen atoms in total. The third kappa shape index (κ3) is 4.68. The van der Waals surface area contributed by atoms with Gasteiger partial charge in [-0.2, -0.15) is 0 Å². The largest absolute Gasteiger partial charge is 0.352 e. The van der Waals surface area contributed by atoms with E-state index in [9.17, 15) is 13.2 Å². The van der Waals surface area contributed by atoms with Crippen molar-refractivity contribution >= 4 is 27.5 Å². The molecule has 0 spiro atoms. The Bertz CT molecular complexity index is 1100. The van der Waals surface area contributed by atoms with E-state index >= 15 is 0 Å². The average molecular weight is 429 g/mol. The first-order valence-electron chi connectivity index (χ1n) is 9.21. The summed E-state index contributed by atoms with van der Waals surface area (Å²) in [5.41, 5.74) is 1.83. The van der Waals surface area contributed by atoms with Gasteiger partial charge in [-0.15, -0.1) is 10.2 Å². The van der Waals surface area contributed by atoms with Gasteiger partial charge in [0.25, 0.3) is 0 Å². The molecule has 1 fully saturated rings. The Kier molecular flexibility index (Phi) is 5.68. The quantitative estimate of drug-likeness (QED) is 0.606. The first kappa shape index (κ1) is 19.7. The highest BCUT2D eigenvalue weighted by atomic mass is 32.2. The fraction of sp³-hybridized carbons (Fsp3) is 0.250. The number of nitrogens with one attached hydrogen (secondary N) is 1. The minimum absolute atomic E-state index is 0.0156. The van der Waals surface area contributed by atoms with Gasteiger partial charge in [0.15, 0.2) is 20.8 Å². The monoisotopic (exact) mass is 428 g/mol. The second kappa shape index (κ2) is 8.38. The molecular weight excluding hydrogens is 408 g/mol. The van der Waals surface area contributed by atoms with Crippen molar-refractivity contribution in [1.29, 1.82) is 0 Å². The molecule has 1 saturated heterocycles. The SMILES string of the molecule is O=C(CSc1nnc(-c2ccccc2)n1-c1ccccc1)N[C@@H]1CCS(=O)(=O)C1. The summed E-state index contributed by atoms with van der Waals surface area (Å²) in [5, 5.41) is 12.0. The topological polar surface area (TPSA) is 93.9 Å². The Morgan fingerprint density at radius 3 is 2.41 bits per heavy atom. The number of benzene rings is 2. The van der Waals surface area contributed by atoms with Crippen molar-refractivity contribution in [3.8, 4) is 17.1 Å². The van der Waals surface area contributed by atoms with Crippen molar-refractivity contribution in [2.45, 2.75) is 17.6 Å². The molecule has 0 bridgehead atoms. The normalized spacial score (nSPS) is 17.9. The molecule has 29 heavy (non-hydrogen) atoms. The van der Waals surface area contributed by atoms with Gasteiger partial charge in [-0.3, -0.25) is 9.36 Å². The fourth-order valence-corrected chi connectivity index (χ4v) is 5.69. The molecule has 1 aliphatic heterocycles. The fourth-order valence-electron chi connectivity index (χ4n) is 3.26. The van der Waals surface area contributed by atoms with Crippen LogP contribution in [0.3, 0.4) is 0 Å². The van der Waals surface area contributed by atoms with Crippen LogP contribution >= 0.6 is 11.8 Å². The van der Waals surface area contributed by atoms with Crippen LogP contribution in [0.2, 0.25) is 0 Å². The molecule has 0 saturated carbocycles. The van der Waals surface area contributed by atoms with E-state index in [1.165, 1.54) is 11.8 Å². The molecule has 0 aliphatic carbocycles. The number of carbonyl (C=O) groups is 1. The van der Waals surface area contributed by atoms with Gasteiger partial charge in [0.1, 0.15) is 0 Å². The predicted molar refractivity (Wildman–Crippen MR) is 113 cm³/mol. The van der Waals surface area contributed by atoms with E-state index in [1.807, 2.05) is 65.2 Å². The second-order valence-electron chi connectivity index (χ2n) is 6.80. The van der Waals surface area contributed by atoms with E-state index < -0.39 is 9.84 Å². The van der Waals surface area contributed by atoms with Crippen LogP contribution in [0.1, 0.15) is 6.42 Å². The van der Waals surface area contributed by atoms with Crippen molar-refractivity contribution in [2.75, 3.05) is 17.3 Å². The Morgan fingerprint density at radius 1 is 1.07 bits per heavy atom. The molecule has 1 aliphatic rings. The number of para-hydroxylation sites is 1. The Morgan fingerprint density at radius 2 is 1.76 bits per heavy atom. The van der Waals surface area contributed by atoms with Gasteiger partial charge >= 0.3 is 0 Å². The number of nitrogens with zero attached hydrogens (tertiary/aromatic N) is 3. The molecule has 0 radical (unpaired) electrons. The Balaban J connectivity index is 1.53. The third-order valence-corrected chi connectivity index (χ3v) is 7.31. The molecule has 1 N–H and O–H groups in total. The summed E-state index contributed by atoms with van der Waals surface area (Å²) in [5.74, 6) is 0.772. The van der Waals surface area contributed by atoms with Crippen LogP contribution in [0.25, 0.3) is 17.1 Å². The minimum Gasteiger partial charge on any atom is -0.352 e. The molecule has 1 aromatic heterocycles. The maximum Gasteiger partial charge on any atom is 0.230 e. The van der Waals surface area contributed by atoms with Crippen LogP contribution in [-0.4, -0.2) is 52.4 Å². The number of aromatic nitrogens is 3. The highest BCUT2D eigenvalue weighted by Crippen LogP contribution is 2.27. The maximum absolute atomic E-state index is 12.3. The van der Waals surface area contributed by atoms with E-state index in [0.29, 0.717) is 17.4 Å². The summed E-state index contributed by atoms with van der Waals surface area (Å²) in [6, 6.07) is 19.2. The van der Waals surface area contributed by atoms with Crippen LogP contribution in [0, 0.1) is 0 Å². The van der Waals surface area contributed by atoms with Crippen molar-refractivity contribution in [3.05, 3.63) is 60.7 Å². The second-order valence-corrected chi connectivity index (χ2v) is 9.97. The van der Waals surface area contributed by atoms with Crippen molar-refractivity contribution < 1.29 is 13.2 Å². The lowest BCUT2D eigenvalue weighted by Crippen LogP contribution is -2.36. The smallest absolute Gasteiger partial charge is 0.230 e. The zero-order valence-corrected chi connectivity index (χ0v) is 17.2. The van der Waals surface area contributed by atoms with Crippen LogP contribution in [0.5, 0.6) is 0 Å². The molecule has 4 rings (SSSR count). The maximum atomic E-state index is 12.3. The Hall–Kier alpha value is -2.65. The van der Waals surface area contributed by atoms with E-state index in [2.05, 4.69) is 15.5 Å². The summed E-state index contributed by atoms with van der Waals surface area (Å²) in [6.45, 7) is 0. The number of thioether (sulfide) groups is 1. The molecule has 9 heteroatoms. The first-order chi connectivity index (χ1) is 14.0. The zero-order valence-electron chi connectivity index (χ0n) is 15.6. The predicted octanol–water partition coefficient (Wildman–Crippen LogP) is 2.33. The number of carbonyl (C=O) groups excluding carboxylic acids is 1. The molecule has 3 aromatic rings. The van der Waals surface area contributed by atoms with Gasteiger partial charge in [0, 0.05) is 17.3 Å². The van der Waals surface area contributed by atoms with Gasteiger partial charge in [-0.05, 0) is 18.6 Å². The van der Waals surface area contributed by atoms with Gasteiger partial charge < -0.3 is 5.32 Å². The number of amides is 1. The lowest BCUT2D eigenvalue weighted by molar-refractivity contribution is -0.119. The molecule has 150 valence electrons. The zero-order chi connectivity index (χ0) is 20.3. The van der Waals surface area contributed by atoms with Crippen LogP contribution in [0.4, 0.5) is 0 Å². The summed E-state index contributed by atoms with van der Waals surface area (Å²) in [6.07, 6.45) is 0.469. The lowest BCUT2D eigenvalue weighted by Gasteiger charge is -2.12. The number of rotatable bonds is 6. The molecular formula is C20H20N4O3S2. The van der Waals surface area contributed by atoms with E-state index in [1.54, 1.807) is 0 Å². The summed E-state index contributed by atoms with van der Waals surface area (Å²) < 4.78 is 25.0. The summed E-state index contributed by atoms with van der Waals surface area (Å²) in [4.78, 5) is 12.3. The summed E-state index contributed by atoms with van der Waals surface area (Å²) in [7, 11) is -3.03. The first-order valence-corrected chi connectivity index (χ1v) is 12.0. The van der Waals surface area contributed by atoms with Crippen molar-refractivity contribution in [2.24, 2.45) is 0 Å². The van der Waals surface area contributed by atoms with Crippen molar-refractivity contribution in [1.82, 2.24) is 20.1 Å². The van der Waals surface area contributed by atoms with Gasteiger partial charge in [0.2, 0.25) is 5.91 Å². The molecule has 2 heterocycles. The van der Waals surface area contributed by atoms with Crippen LogP contribution < -0.4 is 5.32 Å². The number of sulfone groups is 1. The van der Waals surface area contributed by atoms with Gasteiger partial charge in [-0.1, -0.05) is 60.3 Å². The standard InChI is InChI=1S/C20H20N4O3S2/c25-18(21-16-11-12-29(26,27)14-16)13-28-20-23-22-19(15-7-3-1-4-8-15)24(20)17-9-5-2-6-10-17/h1-10,16H,11-14H2,(H,21,25)/t16-/m1/s1. The van der Waals surface area contributed by atoms with Crippen LogP contribution in [-0.2, 0) is 14.6 Å². The average Bonchev–Trinajstić information content (AvgIpc) is 3.30. The highest BCUT2D eigenvalue weighted by Gasteiger charge is 2.29. The van der Waals surface area contributed by atoms with E-state index in [4.69, 9.17) is 0 Å². The van der Waals surface area contributed by atoms with Crippen molar-refractivity contribution in [3.63, 3.8) is 0 Å². The molecule has 2 aromatic carbocycles. The molecule has 0 unspecified atom stereocenters. The minimum atomic E-state index is -3.03. The van der Waals surface area contributed by atoms with E-state index in [0.717, 1.165) is 11.3 Å². The third-order valence-electron chi connectivity index (χ3n) is 4.61. The Labute approximate surface area is 173 Å². The molecule has 1 amide bonds. The van der Waals surface area contributed by atoms with E-state index in [-0.39, 0.29) is 29.2 Å². The summed E-state index contributed by atoms with van der Waals surface area (Å²) >= 11 is 1.28. The van der Waals surface area contributed by atoms with Gasteiger partial charge in [0.05, 0.1) is 17.3 Å². The number of hydrogen-bond donors (Lipinski definition) is 1. The van der Waals surface area contributed by atoms with Crippen LogP contribution in [0.15, 0.2) is 65.8 Å². The highest BCUT2D eigenvalue weighted by molar-refractivity contribution is 7.99. The molecule has 1 atom stereocenters. The van der Waals surface area contributed by atoms with Gasteiger partial charge in [-0.25, -0.2) is 8.42 Å². The lowest BCUT2D eigenvalue weighted by atomic mass is 10.2. The number of hydrogen-bond acceptors (Lipinski definition) is 6.